The Bertz CT molecular complexity index is 1090. The highest BCUT2D eigenvalue weighted by molar-refractivity contribution is 6.33. The summed E-state index contributed by atoms with van der Waals surface area (Å²) < 4.78 is 0. The predicted molar refractivity (Wildman–Crippen MR) is 129 cm³/mol. The average molecular weight is 461 g/mol. The van der Waals surface area contributed by atoms with Gasteiger partial charge in [-0.25, -0.2) is 0 Å². The van der Waals surface area contributed by atoms with Crippen LogP contribution in [0, 0.1) is 0 Å². The summed E-state index contributed by atoms with van der Waals surface area (Å²) in [5.74, 6) is -0.761. The van der Waals surface area contributed by atoms with Crippen LogP contribution in [0.25, 0.3) is 11.1 Å². The first kappa shape index (κ1) is 23.2. The van der Waals surface area contributed by atoms with Crippen LogP contribution in [0.1, 0.15) is 42.7 Å². The number of rotatable bonds is 8. The van der Waals surface area contributed by atoms with Crippen molar-refractivity contribution in [2.24, 2.45) is 0 Å². The second-order valence-electron chi connectivity index (χ2n) is 8.58. The van der Waals surface area contributed by atoms with Crippen molar-refractivity contribution in [2.45, 2.75) is 37.1 Å². The van der Waals surface area contributed by atoms with Gasteiger partial charge in [-0.15, -0.1) is 0 Å². The predicted octanol–water partition coefficient (Wildman–Crippen LogP) is 4.81. The maximum atomic E-state index is 12.7. The number of hydrogen-bond acceptors (Lipinski definition) is 4. The van der Waals surface area contributed by atoms with Crippen LogP contribution in [0.5, 0.6) is 0 Å². The first-order chi connectivity index (χ1) is 16.1. The largest absolute Gasteiger partial charge is 0.548 e. The molecule has 33 heavy (non-hydrogen) atoms. The molecular weight excluding hydrogens is 434 g/mol. The summed E-state index contributed by atoms with van der Waals surface area (Å²) >= 11 is 6.34. The number of benzene rings is 3. The maximum Gasteiger partial charge on any atom is 0.120 e. The number of halogens is 1. The molecule has 0 saturated carbocycles. The maximum absolute atomic E-state index is 12.7. The van der Waals surface area contributed by atoms with Gasteiger partial charge in [0.25, 0.3) is 0 Å². The van der Waals surface area contributed by atoms with E-state index in [0.29, 0.717) is 29.6 Å². The molecule has 0 aliphatic carbocycles. The van der Waals surface area contributed by atoms with Gasteiger partial charge in [0.15, 0.2) is 0 Å². The molecule has 5 heteroatoms. The van der Waals surface area contributed by atoms with Gasteiger partial charge in [-0.05, 0) is 61.0 Å². The standard InChI is InChI=1S/C28H28ClNO3/c29-26-10-5-4-9-25(26)23-11-13-24(14-12-23)28(27(32)33,17-6-20-31)30-18-15-22(16-19-30)21-7-2-1-3-8-21/h1-5,7-14,20,22H,6,15-19H2,(H,32,33)/p-1. The second-order valence-corrected chi connectivity index (χ2v) is 8.99. The molecular formula is C28H27ClNO3-. The van der Waals surface area contributed by atoms with E-state index in [-0.39, 0.29) is 12.8 Å². The third-order valence-corrected chi connectivity index (χ3v) is 7.14. The Labute approximate surface area is 199 Å². The van der Waals surface area contributed by atoms with Crippen LogP contribution in [0.15, 0.2) is 78.9 Å². The Kier molecular flexibility index (Phi) is 7.26. The molecule has 3 aromatic carbocycles. The SMILES string of the molecule is O=CCCC(C(=O)[O-])(c1ccc(-c2ccccc2Cl)cc1)N1CCC(c2ccccc2)CC1. The van der Waals surface area contributed by atoms with Crippen LogP contribution in [0.4, 0.5) is 0 Å². The molecule has 4 nitrogen and oxygen atoms in total. The minimum atomic E-state index is -1.35. The Hall–Kier alpha value is -2.95. The minimum absolute atomic E-state index is 0.152. The molecule has 0 N–H and O–H groups in total. The lowest BCUT2D eigenvalue weighted by Crippen LogP contribution is -2.59. The number of piperidine rings is 1. The van der Waals surface area contributed by atoms with Gasteiger partial charge in [-0.1, -0.05) is 84.4 Å². The quantitative estimate of drug-likeness (QED) is 0.452. The molecule has 1 aliphatic rings. The molecule has 0 spiro atoms. The number of carbonyl (C=O) groups is 2. The van der Waals surface area contributed by atoms with Crippen LogP contribution >= 0.6 is 11.6 Å². The van der Waals surface area contributed by atoms with E-state index < -0.39 is 11.5 Å². The topological polar surface area (TPSA) is 60.4 Å². The zero-order valence-corrected chi connectivity index (χ0v) is 19.2. The summed E-state index contributed by atoms with van der Waals surface area (Å²) in [5.41, 5.74) is 2.38. The van der Waals surface area contributed by atoms with E-state index in [2.05, 4.69) is 12.1 Å². The fraction of sp³-hybridized carbons (Fsp3) is 0.286. The zero-order chi connectivity index (χ0) is 23.3. The average Bonchev–Trinajstić information content (AvgIpc) is 2.86. The molecule has 0 bridgehead atoms. The van der Waals surface area contributed by atoms with E-state index in [1.54, 1.807) is 0 Å². The monoisotopic (exact) mass is 460 g/mol. The molecule has 170 valence electrons. The third kappa shape index (κ3) is 4.73. The first-order valence-electron chi connectivity index (χ1n) is 11.4. The summed E-state index contributed by atoms with van der Waals surface area (Å²) in [6.45, 7) is 1.25. The first-order valence-corrected chi connectivity index (χ1v) is 11.7. The van der Waals surface area contributed by atoms with E-state index in [4.69, 9.17) is 11.6 Å². The molecule has 1 atom stereocenters. The van der Waals surface area contributed by atoms with Gasteiger partial charge in [-0.2, -0.15) is 0 Å². The highest BCUT2D eigenvalue weighted by Crippen LogP contribution is 2.39. The molecule has 1 aliphatic heterocycles. The summed E-state index contributed by atoms with van der Waals surface area (Å²) in [6, 6.07) is 25.4. The molecule has 0 amide bonds. The summed E-state index contributed by atoms with van der Waals surface area (Å²) in [4.78, 5) is 25.9. The van der Waals surface area contributed by atoms with Crippen molar-refractivity contribution in [2.75, 3.05) is 13.1 Å². The van der Waals surface area contributed by atoms with Crippen LogP contribution in [0.3, 0.4) is 0 Å². The van der Waals surface area contributed by atoms with Crippen molar-refractivity contribution in [3.05, 3.63) is 95.0 Å². The number of nitrogens with zero attached hydrogens (tertiary/aromatic N) is 1. The lowest BCUT2D eigenvalue weighted by atomic mass is 9.80. The number of carbonyl (C=O) groups excluding carboxylic acids is 2. The number of likely N-dealkylation sites (tertiary alicyclic amines) is 1. The fourth-order valence-corrected chi connectivity index (χ4v) is 5.29. The van der Waals surface area contributed by atoms with Gasteiger partial charge in [0.05, 0.1) is 11.5 Å². The van der Waals surface area contributed by atoms with Gasteiger partial charge in [0.2, 0.25) is 0 Å². The number of hydrogen-bond donors (Lipinski definition) is 0. The summed E-state index contributed by atoms with van der Waals surface area (Å²) in [5, 5.41) is 13.3. The number of aldehydes is 1. The van der Waals surface area contributed by atoms with E-state index in [1.807, 2.05) is 71.6 Å². The van der Waals surface area contributed by atoms with Crippen molar-refractivity contribution in [3.63, 3.8) is 0 Å². The Balaban J connectivity index is 1.64. The molecule has 0 aromatic heterocycles. The highest BCUT2D eigenvalue weighted by atomic mass is 35.5. The number of aliphatic carboxylic acids is 1. The molecule has 3 aromatic rings. The lowest BCUT2D eigenvalue weighted by Gasteiger charge is -2.48. The van der Waals surface area contributed by atoms with Crippen LogP contribution in [0.2, 0.25) is 5.02 Å². The van der Waals surface area contributed by atoms with Gasteiger partial charge in [0, 0.05) is 17.0 Å². The van der Waals surface area contributed by atoms with Gasteiger partial charge < -0.3 is 14.7 Å². The van der Waals surface area contributed by atoms with Crippen molar-refractivity contribution in [3.8, 4) is 11.1 Å². The molecule has 1 heterocycles. The van der Waals surface area contributed by atoms with E-state index >= 15 is 0 Å². The molecule has 0 radical (unpaired) electrons. The van der Waals surface area contributed by atoms with Gasteiger partial charge in [0.1, 0.15) is 6.29 Å². The summed E-state index contributed by atoms with van der Waals surface area (Å²) in [6.07, 6.45) is 2.83. The van der Waals surface area contributed by atoms with Crippen molar-refractivity contribution < 1.29 is 14.7 Å². The smallest absolute Gasteiger partial charge is 0.120 e. The molecule has 1 unspecified atom stereocenters. The number of carboxylic acids is 1. The normalized spacial score (nSPS) is 16.8. The summed E-state index contributed by atoms with van der Waals surface area (Å²) in [7, 11) is 0. The Morgan fingerprint density at radius 1 is 0.970 bits per heavy atom. The van der Waals surface area contributed by atoms with Crippen LogP contribution in [-0.4, -0.2) is 30.2 Å². The highest BCUT2D eigenvalue weighted by Gasteiger charge is 2.41. The molecule has 1 fully saturated rings. The lowest BCUT2D eigenvalue weighted by molar-refractivity contribution is -0.321. The number of carboxylic acid groups (broad SMARTS) is 1. The third-order valence-electron chi connectivity index (χ3n) is 6.81. The molecule has 4 rings (SSSR count). The van der Waals surface area contributed by atoms with Gasteiger partial charge in [-0.3, -0.25) is 4.90 Å². The van der Waals surface area contributed by atoms with Crippen LogP contribution < -0.4 is 5.11 Å². The second kappa shape index (κ2) is 10.3. The van der Waals surface area contributed by atoms with Crippen molar-refractivity contribution in [1.29, 1.82) is 0 Å². The van der Waals surface area contributed by atoms with Crippen LogP contribution in [-0.2, 0) is 15.1 Å². The fourth-order valence-electron chi connectivity index (χ4n) is 5.04. The Morgan fingerprint density at radius 3 is 2.21 bits per heavy atom. The minimum Gasteiger partial charge on any atom is -0.548 e. The molecule has 1 saturated heterocycles. The zero-order valence-electron chi connectivity index (χ0n) is 18.5. The Morgan fingerprint density at radius 2 is 1.61 bits per heavy atom. The van der Waals surface area contributed by atoms with Crippen molar-refractivity contribution in [1.82, 2.24) is 4.90 Å². The van der Waals surface area contributed by atoms with Crippen molar-refractivity contribution >= 4 is 23.9 Å². The van der Waals surface area contributed by atoms with E-state index in [0.717, 1.165) is 30.3 Å². The van der Waals surface area contributed by atoms with E-state index in [9.17, 15) is 14.7 Å². The van der Waals surface area contributed by atoms with Gasteiger partial charge >= 0.3 is 0 Å². The van der Waals surface area contributed by atoms with E-state index in [1.165, 1.54) is 5.56 Å².